The minimum absolute atomic E-state index is 0.0784. The molecule has 2 aliphatic heterocycles. The van der Waals surface area contributed by atoms with Crippen molar-refractivity contribution < 1.29 is 9.53 Å². The Labute approximate surface area is 221 Å². The molecular formula is C31H31N5O2. The molecule has 192 valence electrons. The molecule has 0 unspecified atom stereocenters. The molecule has 1 spiro atoms. The van der Waals surface area contributed by atoms with Gasteiger partial charge in [0.15, 0.2) is 0 Å². The number of piperidine rings is 1. The number of nitrogens with one attached hydrogen (secondary N) is 2. The zero-order valence-electron chi connectivity index (χ0n) is 21.5. The van der Waals surface area contributed by atoms with Crippen LogP contribution in [0, 0.1) is 0 Å². The number of anilines is 1. The molecule has 2 aromatic heterocycles. The van der Waals surface area contributed by atoms with Gasteiger partial charge < -0.3 is 10.1 Å². The molecule has 2 N–H and O–H groups in total. The van der Waals surface area contributed by atoms with Gasteiger partial charge in [-0.05, 0) is 85.5 Å². The minimum Gasteiger partial charge on any atom is -0.497 e. The quantitative estimate of drug-likeness (QED) is 0.362. The second-order valence-corrected chi connectivity index (χ2v) is 10.8. The van der Waals surface area contributed by atoms with E-state index in [0.29, 0.717) is 0 Å². The molecule has 1 aliphatic carbocycles. The number of nitrogens with zero attached hydrogens (tertiary/aromatic N) is 3. The van der Waals surface area contributed by atoms with Gasteiger partial charge in [0, 0.05) is 29.7 Å². The van der Waals surface area contributed by atoms with Gasteiger partial charge in [0.25, 0.3) is 0 Å². The van der Waals surface area contributed by atoms with Crippen LogP contribution in [0.3, 0.4) is 0 Å². The van der Waals surface area contributed by atoms with Crippen molar-refractivity contribution >= 4 is 34.6 Å². The number of carbonyl (C=O) groups excluding carboxylic acids is 1. The summed E-state index contributed by atoms with van der Waals surface area (Å²) in [4.78, 5) is 20.2. The fraction of sp³-hybridized carbons (Fsp3) is 0.323. The van der Waals surface area contributed by atoms with Crippen LogP contribution in [0.1, 0.15) is 59.7 Å². The second kappa shape index (κ2) is 9.10. The van der Waals surface area contributed by atoms with E-state index in [1.165, 1.54) is 32.4 Å². The maximum atomic E-state index is 13.0. The number of benzene rings is 2. The highest BCUT2D eigenvalue weighted by atomic mass is 16.5. The Morgan fingerprint density at radius 2 is 1.97 bits per heavy atom. The SMILES string of the molecule is COc1ccc2c(c1)[C@]1(C[C@H]1c1ccc3c(C=Cc4ccc(CN5CCCCC5)nc4)n[nH]c3c1)C(=O)N2. The summed E-state index contributed by atoms with van der Waals surface area (Å²) in [5, 5.41) is 11.9. The maximum absolute atomic E-state index is 13.0. The molecule has 1 saturated heterocycles. The normalized spacial score (nSPS) is 22.8. The van der Waals surface area contributed by atoms with Gasteiger partial charge in [-0.3, -0.25) is 19.8 Å². The fourth-order valence-electron chi connectivity index (χ4n) is 6.25. The Morgan fingerprint density at radius 3 is 2.79 bits per heavy atom. The number of hydrogen-bond donors (Lipinski definition) is 2. The molecule has 7 nitrogen and oxygen atoms in total. The van der Waals surface area contributed by atoms with Crippen molar-refractivity contribution in [2.45, 2.75) is 43.6 Å². The summed E-state index contributed by atoms with van der Waals surface area (Å²) in [5.74, 6) is 0.990. The smallest absolute Gasteiger partial charge is 0.235 e. The Hall–Kier alpha value is -3.97. The van der Waals surface area contributed by atoms with Crippen LogP contribution in [0.2, 0.25) is 0 Å². The summed E-state index contributed by atoms with van der Waals surface area (Å²) in [7, 11) is 1.66. The summed E-state index contributed by atoms with van der Waals surface area (Å²) < 4.78 is 5.42. The summed E-state index contributed by atoms with van der Waals surface area (Å²) in [6.45, 7) is 3.28. The molecular weight excluding hydrogens is 474 g/mol. The Kier molecular flexibility index (Phi) is 5.55. The van der Waals surface area contributed by atoms with Crippen molar-refractivity contribution in [2.75, 3.05) is 25.5 Å². The number of aromatic amines is 1. The van der Waals surface area contributed by atoms with E-state index in [4.69, 9.17) is 4.74 Å². The Bertz CT molecular complexity index is 1550. The lowest BCUT2D eigenvalue weighted by molar-refractivity contribution is -0.118. The molecule has 4 heterocycles. The van der Waals surface area contributed by atoms with E-state index in [2.05, 4.69) is 61.8 Å². The van der Waals surface area contributed by atoms with E-state index in [9.17, 15) is 4.79 Å². The van der Waals surface area contributed by atoms with E-state index >= 15 is 0 Å². The van der Waals surface area contributed by atoms with Crippen LogP contribution < -0.4 is 10.1 Å². The lowest BCUT2D eigenvalue weighted by Gasteiger charge is -2.25. The predicted octanol–water partition coefficient (Wildman–Crippen LogP) is 5.50. The molecule has 1 saturated carbocycles. The van der Waals surface area contributed by atoms with Gasteiger partial charge in [0.1, 0.15) is 5.75 Å². The first-order valence-corrected chi connectivity index (χ1v) is 13.5. The average molecular weight is 506 g/mol. The fourth-order valence-corrected chi connectivity index (χ4v) is 6.25. The highest BCUT2D eigenvalue weighted by molar-refractivity contribution is 6.10. The monoisotopic (exact) mass is 505 g/mol. The van der Waals surface area contributed by atoms with E-state index in [1.54, 1.807) is 7.11 Å². The molecule has 1 amide bonds. The van der Waals surface area contributed by atoms with Gasteiger partial charge in [-0.2, -0.15) is 5.10 Å². The van der Waals surface area contributed by atoms with Crippen LogP contribution in [-0.4, -0.2) is 46.2 Å². The minimum atomic E-state index is -0.506. The van der Waals surface area contributed by atoms with Crippen molar-refractivity contribution in [2.24, 2.45) is 0 Å². The van der Waals surface area contributed by atoms with Gasteiger partial charge >= 0.3 is 0 Å². The Morgan fingerprint density at radius 1 is 1.08 bits per heavy atom. The molecule has 2 fully saturated rings. The van der Waals surface area contributed by atoms with Crippen molar-refractivity contribution in [3.63, 3.8) is 0 Å². The molecule has 0 bridgehead atoms. The first-order valence-electron chi connectivity index (χ1n) is 13.5. The lowest BCUT2D eigenvalue weighted by Crippen LogP contribution is -2.29. The number of rotatable bonds is 6. The van der Waals surface area contributed by atoms with Gasteiger partial charge in [-0.1, -0.05) is 30.7 Å². The highest BCUT2D eigenvalue weighted by Gasteiger charge is 2.65. The highest BCUT2D eigenvalue weighted by Crippen LogP contribution is 2.65. The standard InChI is InChI=1S/C31H31N5O2/c1-38-23-9-12-28-25(16-23)31(30(37)33-28)17-26(31)21-7-10-24-27(34-35-29(24)15-21)11-6-20-5-8-22(32-18-20)19-36-13-3-2-4-14-36/h5-12,15-16,18,26H,2-4,13-14,17,19H2,1H3,(H,33,37)(H,34,35)/t26-,31-/m0/s1. The number of pyridine rings is 1. The van der Waals surface area contributed by atoms with Crippen LogP contribution in [0.5, 0.6) is 5.75 Å². The van der Waals surface area contributed by atoms with E-state index in [-0.39, 0.29) is 11.8 Å². The molecule has 7 rings (SSSR count). The third-order valence-electron chi connectivity index (χ3n) is 8.46. The van der Waals surface area contributed by atoms with Gasteiger partial charge in [0.05, 0.1) is 29.4 Å². The number of likely N-dealkylation sites (tertiary alicyclic amines) is 1. The number of ether oxygens (including phenoxy) is 1. The van der Waals surface area contributed by atoms with Crippen LogP contribution in [0.25, 0.3) is 23.1 Å². The summed E-state index contributed by atoms with van der Waals surface area (Å²) in [6.07, 6.45) is 10.8. The largest absolute Gasteiger partial charge is 0.497 e. The van der Waals surface area contributed by atoms with Crippen LogP contribution >= 0.6 is 0 Å². The number of H-pyrrole nitrogens is 1. The molecule has 7 heteroatoms. The zero-order chi connectivity index (χ0) is 25.7. The third-order valence-corrected chi connectivity index (χ3v) is 8.46. The third kappa shape index (κ3) is 3.89. The molecule has 0 radical (unpaired) electrons. The summed E-state index contributed by atoms with van der Waals surface area (Å²) >= 11 is 0. The maximum Gasteiger partial charge on any atom is 0.235 e. The lowest BCUT2D eigenvalue weighted by atomic mass is 9.91. The molecule has 38 heavy (non-hydrogen) atoms. The number of carbonyl (C=O) groups is 1. The number of methoxy groups -OCH3 is 1. The van der Waals surface area contributed by atoms with Crippen LogP contribution in [-0.2, 0) is 16.8 Å². The summed E-state index contributed by atoms with van der Waals surface area (Å²) in [5.41, 5.74) is 6.62. The first kappa shape index (κ1) is 23.2. The first-order chi connectivity index (χ1) is 18.6. The predicted molar refractivity (Wildman–Crippen MR) is 149 cm³/mol. The molecule has 2 aromatic carbocycles. The molecule has 4 aromatic rings. The average Bonchev–Trinajstić information content (AvgIpc) is 3.50. The number of hydrogen-bond acceptors (Lipinski definition) is 5. The molecule has 3 aliphatic rings. The molecule has 2 atom stereocenters. The van der Waals surface area contributed by atoms with E-state index < -0.39 is 5.41 Å². The van der Waals surface area contributed by atoms with Gasteiger partial charge in [0.2, 0.25) is 5.91 Å². The number of amides is 1. The topological polar surface area (TPSA) is 83.1 Å². The van der Waals surface area contributed by atoms with E-state index in [0.717, 1.165) is 63.4 Å². The van der Waals surface area contributed by atoms with Gasteiger partial charge in [-0.25, -0.2) is 0 Å². The van der Waals surface area contributed by atoms with Crippen LogP contribution in [0.4, 0.5) is 5.69 Å². The van der Waals surface area contributed by atoms with Crippen molar-refractivity contribution in [3.05, 3.63) is 82.8 Å². The number of aromatic nitrogens is 3. The second-order valence-electron chi connectivity index (χ2n) is 10.8. The zero-order valence-corrected chi connectivity index (χ0v) is 21.5. The summed E-state index contributed by atoms with van der Waals surface area (Å²) in [6, 6.07) is 16.5. The van der Waals surface area contributed by atoms with Crippen molar-refractivity contribution in [1.82, 2.24) is 20.1 Å². The van der Waals surface area contributed by atoms with E-state index in [1.807, 2.05) is 30.5 Å². The van der Waals surface area contributed by atoms with Crippen molar-refractivity contribution in [3.8, 4) is 5.75 Å². The Balaban J connectivity index is 1.08. The van der Waals surface area contributed by atoms with Crippen molar-refractivity contribution in [1.29, 1.82) is 0 Å². The van der Waals surface area contributed by atoms with Gasteiger partial charge in [-0.15, -0.1) is 0 Å². The number of fused-ring (bicyclic) bond motifs is 3. The van der Waals surface area contributed by atoms with Crippen LogP contribution in [0.15, 0.2) is 54.7 Å².